The molecule has 1 aliphatic carbocycles. The molecule has 0 saturated heterocycles. The lowest BCUT2D eigenvalue weighted by atomic mass is 10.3. The highest BCUT2D eigenvalue weighted by Gasteiger charge is 2.24. The van der Waals surface area contributed by atoms with Crippen LogP contribution >= 0.6 is 0 Å². The van der Waals surface area contributed by atoms with Crippen molar-refractivity contribution in [3.63, 3.8) is 0 Å². The van der Waals surface area contributed by atoms with E-state index in [9.17, 15) is 4.79 Å². The molecular formula is C8H12N2O. The number of carbonyl (C=O) groups excluding carboxylic acids is 1. The van der Waals surface area contributed by atoms with Gasteiger partial charge in [0.1, 0.15) is 6.42 Å². The second-order valence-electron chi connectivity index (χ2n) is 3.05. The molecule has 0 unspecified atom stereocenters. The maximum Gasteiger partial charge on any atom is 0.236 e. The van der Waals surface area contributed by atoms with E-state index in [0.29, 0.717) is 5.92 Å². The third-order valence-electron chi connectivity index (χ3n) is 1.89. The summed E-state index contributed by atoms with van der Waals surface area (Å²) in [5.41, 5.74) is 0. The predicted molar refractivity (Wildman–Crippen MR) is 40.6 cm³/mol. The smallest absolute Gasteiger partial charge is 0.236 e. The van der Waals surface area contributed by atoms with Crippen molar-refractivity contribution >= 4 is 5.91 Å². The molecular weight excluding hydrogens is 140 g/mol. The lowest BCUT2D eigenvalue weighted by Gasteiger charge is -2.14. The molecule has 60 valence electrons. The molecule has 0 heterocycles. The van der Waals surface area contributed by atoms with E-state index in [2.05, 4.69) is 0 Å². The maximum atomic E-state index is 11.0. The van der Waals surface area contributed by atoms with Crippen LogP contribution in [0.15, 0.2) is 0 Å². The Balaban J connectivity index is 2.22. The van der Waals surface area contributed by atoms with Crippen LogP contribution in [-0.2, 0) is 4.79 Å². The van der Waals surface area contributed by atoms with Crippen molar-refractivity contribution in [3.8, 4) is 6.07 Å². The number of carbonyl (C=O) groups is 1. The van der Waals surface area contributed by atoms with Gasteiger partial charge in [0.05, 0.1) is 6.07 Å². The van der Waals surface area contributed by atoms with Gasteiger partial charge in [0.25, 0.3) is 0 Å². The van der Waals surface area contributed by atoms with Crippen molar-refractivity contribution < 1.29 is 4.79 Å². The first-order valence-electron chi connectivity index (χ1n) is 3.85. The van der Waals surface area contributed by atoms with Gasteiger partial charge in [-0.2, -0.15) is 5.26 Å². The van der Waals surface area contributed by atoms with E-state index in [-0.39, 0.29) is 12.3 Å². The van der Waals surface area contributed by atoms with E-state index < -0.39 is 0 Å². The fraction of sp³-hybridized carbons (Fsp3) is 0.750. The van der Waals surface area contributed by atoms with E-state index in [1.54, 1.807) is 11.9 Å². The van der Waals surface area contributed by atoms with Crippen LogP contribution in [-0.4, -0.2) is 24.4 Å². The van der Waals surface area contributed by atoms with Crippen molar-refractivity contribution in [1.82, 2.24) is 4.90 Å². The number of hydrogen-bond donors (Lipinski definition) is 0. The summed E-state index contributed by atoms with van der Waals surface area (Å²) in [6.45, 7) is 0.834. The summed E-state index contributed by atoms with van der Waals surface area (Å²) < 4.78 is 0. The van der Waals surface area contributed by atoms with Gasteiger partial charge in [0.15, 0.2) is 0 Å². The quantitative estimate of drug-likeness (QED) is 0.599. The summed E-state index contributed by atoms with van der Waals surface area (Å²) in [7, 11) is 1.76. The third kappa shape index (κ3) is 2.58. The first-order valence-corrected chi connectivity index (χ1v) is 3.85. The Morgan fingerprint density at radius 2 is 2.36 bits per heavy atom. The van der Waals surface area contributed by atoms with E-state index in [0.717, 1.165) is 6.54 Å². The Hall–Kier alpha value is -1.04. The van der Waals surface area contributed by atoms with Gasteiger partial charge >= 0.3 is 0 Å². The first-order chi connectivity index (χ1) is 5.24. The van der Waals surface area contributed by atoms with Gasteiger partial charge in [-0.1, -0.05) is 0 Å². The van der Waals surface area contributed by atoms with Crippen LogP contribution in [0.4, 0.5) is 0 Å². The summed E-state index contributed by atoms with van der Waals surface area (Å²) in [6.07, 6.45) is 2.50. The van der Waals surface area contributed by atoms with Gasteiger partial charge < -0.3 is 4.90 Å². The van der Waals surface area contributed by atoms with Gasteiger partial charge in [-0.25, -0.2) is 0 Å². The zero-order valence-electron chi connectivity index (χ0n) is 6.71. The molecule has 0 N–H and O–H groups in total. The molecule has 1 aliphatic rings. The van der Waals surface area contributed by atoms with Gasteiger partial charge in [0.2, 0.25) is 5.91 Å². The summed E-state index contributed by atoms with van der Waals surface area (Å²) >= 11 is 0. The van der Waals surface area contributed by atoms with Crippen LogP contribution in [0.5, 0.6) is 0 Å². The molecule has 0 aromatic heterocycles. The zero-order valence-corrected chi connectivity index (χ0v) is 6.71. The second-order valence-corrected chi connectivity index (χ2v) is 3.05. The van der Waals surface area contributed by atoms with Crippen LogP contribution in [0.3, 0.4) is 0 Å². The monoisotopic (exact) mass is 152 g/mol. The van der Waals surface area contributed by atoms with E-state index >= 15 is 0 Å². The SMILES string of the molecule is CN(CC1CC1)C(=O)CC#N. The minimum absolute atomic E-state index is 0.0171. The largest absolute Gasteiger partial charge is 0.345 e. The lowest BCUT2D eigenvalue weighted by molar-refractivity contribution is -0.129. The number of hydrogen-bond acceptors (Lipinski definition) is 2. The molecule has 1 saturated carbocycles. The Bertz CT molecular complexity index is 191. The van der Waals surface area contributed by atoms with Gasteiger partial charge in [-0.3, -0.25) is 4.79 Å². The van der Waals surface area contributed by atoms with E-state index in [1.807, 2.05) is 6.07 Å². The van der Waals surface area contributed by atoms with Crippen molar-refractivity contribution in [2.75, 3.05) is 13.6 Å². The average molecular weight is 152 g/mol. The predicted octanol–water partition coefficient (Wildman–Crippen LogP) is 0.768. The molecule has 11 heavy (non-hydrogen) atoms. The Kier molecular flexibility index (Phi) is 2.48. The average Bonchev–Trinajstić information content (AvgIpc) is 2.72. The van der Waals surface area contributed by atoms with Crippen LogP contribution in [0.2, 0.25) is 0 Å². The van der Waals surface area contributed by atoms with Crippen molar-refractivity contribution in [1.29, 1.82) is 5.26 Å². The molecule has 0 atom stereocenters. The summed E-state index contributed by atoms with van der Waals surface area (Å²) in [4.78, 5) is 12.7. The maximum absolute atomic E-state index is 11.0. The Morgan fingerprint density at radius 1 is 1.73 bits per heavy atom. The van der Waals surface area contributed by atoms with Crippen molar-refractivity contribution in [2.24, 2.45) is 5.92 Å². The topological polar surface area (TPSA) is 44.1 Å². The molecule has 0 aromatic carbocycles. The van der Waals surface area contributed by atoms with E-state index in [4.69, 9.17) is 5.26 Å². The minimum atomic E-state index is -0.0561. The molecule has 0 aromatic rings. The summed E-state index contributed by atoms with van der Waals surface area (Å²) in [5, 5.41) is 8.24. The van der Waals surface area contributed by atoms with Gasteiger partial charge in [0, 0.05) is 13.6 Å². The van der Waals surface area contributed by atoms with Crippen LogP contribution in [0, 0.1) is 17.2 Å². The highest BCUT2D eigenvalue weighted by atomic mass is 16.2. The summed E-state index contributed by atoms with van der Waals surface area (Å²) in [6, 6.07) is 1.85. The van der Waals surface area contributed by atoms with Crippen LogP contribution < -0.4 is 0 Å². The molecule has 1 rings (SSSR count). The molecule has 0 bridgehead atoms. The van der Waals surface area contributed by atoms with Crippen LogP contribution in [0.25, 0.3) is 0 Å². The molecule has 0 spiro atoms. The third-order valence-corrected chi connectivity index (χ3v) is 1.89. The minimum Gasteiger partial charge on any atom is -0.345 e. The standard InChI is InChI=1S/C8H12N2O/c1-10(6-7-2-3-7)8(11)4-5-9/h7H,2-4,6H2,1H3. The fourth-order valence-electron chi connectivity index (χ4n) is 0.992. The Labute approximate surface area is 66.6 Å². The van der Waals surface area contributed by atoms with Crippen LogP contribution in [0.1, 0.15) is 19.3 Å². The fourth-order valence-corrected chi connectivity index (χ4v) is 0.992. The normalized spacial score (nSPS) is 15.6. The number of amides is 1. The number of nitrogens with zero attached hydrogens (tertiary/aromatic N) is 2. The molecule has 0 radical (unpaired) electrons. The zero-order chi connectivity index (χ0) is 8.27. The molecule has 1 fully saturated rings. The second kappa shape index (κ2) is 3.38. The molecule has 3 heteroatoms. The molecule has 0 aliphatic heterocycles. The van der Waals surface area contributed by atoms with Gasteiger partial charge in [-0.15, -0.1) is 0 Å². The number of nitriles is 1. The van der Waals surface area contributed by atoms with Crippen molar-refractivity contribution in [2.45, 2.75) is 19.3 Å². The van der Waals surface area contributed by atoms with E-state index in [1.165, 1.54) is 12.8 Å². The molecule has 3 nitrogen and oxygen atoms in total. The first kappa shape index (κ1) is 8.06. The van der Waals surface area contributed by atoms with Crippen molar-refractivity contribution in [3.05, 3.63) is 0 Å². The van der Waals surface area contributed by atoms with Gasteiger partial charge in [-0.05, 0) is 18.8 Å². The highest BCUT2D eigenvalue weighted by molar-refractivity contribution is 5.77. The summed E-state index contributed by atoms with van der Waals surface area (Å²) in [5.74, 6) is 0.655. The lowest BCUT2D eigenvalue weighted by Crippen LogP contribution is -2.28. The highest BCUT2D eigenvalue weighted by Crippen LogP contribution is 2.29. The Morgan fingerprint density at radius 3 is 2.82 bits per heavy atom. The molecule has 1 amide bonds. The number of rotatable bonds is 3.